The third-order valence-electron chi connectivity index (χ3n) is 9.20. The summed E-state index contributed by atoms with van der Waals surface area (Å²) >= 11 is 14.3. The zero-order valence-electron chi connectivity index (χ0n) is 28.3. The SMILES string of the molecule is Clc1cc(-c2ccc(N(c3ccc(-c4ccccc4)cc3)c3ccc(-c4ccccc4)cc3)c(Cl)c2)ccc1N(c1ccccc1)c1ccccc1. The van der Waals surface area contributed by atoms with E-state index in [9.17, 15) is 0 Å². The Kier molecular flexibility index (Phi) is 9.58. The highest BCUT2D eigenvalue weighted by Gasteiger charge is 2.19. The molecule has 8 aromatic carbocycles. The number of hydrogen-bond acceptors (Lipinski definition) is 2. The van der Waals surface area contributed by atoms with Crippen molar-refractivity contribution in [2.75, 3.05) is 9.80 Å². The average Bonchev–Trinajstić information content (AvgIpc) is 3.21. The van der Waals surface area contributed by atoms with Crippen molar-refractivity contribution < 1.29 is 0 Å². The first-order valence-corrected chi connectivity index (χ1v) is 18.0. The number of halogens is 2. The smallest absolute Gasteiger partial charge is 0.0652 e. The van der Waals surface area contributed by atoms with E-state index < -0.39 is 0 Å². The molecule has 0 radical (unpaired) electrons. The van der Waals surface area contributed by atoms with Crippen molar-refractivity contribution in [3.63, 3.8) is 0 Å². The molecule has 4 heteroatoms. The van der Waals surface area contributed by atoms with Crippen molar-refractivity contribution >= 4 is 57.3 Å². The van der Waals surface area contributed by atoms with Gasteiger partial charge >= 0.3 is 0 Å². The fraction of sp³-hybridized carbons (Fsp3) is 0. The first-order valence-electron chi connectivity index (χ1n) is 17.2. The summed E-state index contributed by atoms with van der Waals surface area (Å²) in [6, 6.07) is 71.1. The molecule has 8 rings (SSSR count). The van der Waals surface area contributed by atoms with Gasteiger partial charge in [-0.2, -0.15) is 0 Å². The van der Waals surface area contributed by atoms with Crippen LogP contribution >= 0.6 is 23.2 Å². The average molecular weight is 710 g/mol. The Morgan fingerprint density at radius 3 is 0.846 bits per heavy atom. The van der Waals surface area contributed by atoms with Crippen molar-refractivity contribution in [1.82, 2.24) is 0 Å². The second kappa shape index (κ2) is 15.0. The molecule has 8 aromatic rings. The van der Waals surface area contributed by atoms with Crippen LogP contribution in [0.2, 0.25) is 10.0 Å². The van der Waals surface area contributed by atoms with Gasteiger partial charge < -0.3 is 9.80 Å². The van der Waals surface area contributed by atoms with Gasteiger partial charge in [0.25, 0.3) is 0 Å². The van der Waals surface area contributed by atoms with E-state index >= 15 is 0 Å². The van der Waals surface area contributed by atoms with E-state index in [2.05, 4.69) is 155 Å². The van der Waals surface area contributed by atoms with Crippen LogP contribution in [0, 0.1) is 0 Å². The normalized spacial score (nSPS) is 10.9. The first kappa shape index (κ1) is 33.1. The van der Waals surface area contributed by atoms with Crippen molar-refractivity contribution in [1.29, 1.82) is 0 Å². The maximum Gasteiger partial charge on any atom is 0.0652 e. The Morgan fingerprint density at radius 1 is 0.250 bits per heavy atom. The number of anilines is 6. The molecule has 52 heavy (non-hydrogen) atoms. The third-order valence-corrected chi connectivity index (χ3v) is 9.81. The Morgan fingerprint density at radius 2 is 0.519 bits per heavy atom. The largest absolute Gasteiger partial charge is 0.309 e. The summed E-state index contributed by atoms with van der Waals surface area (Å²) in [5.74, 6) is 0. The van der Waals surface area contributed by atoms with E-state index in [1.807, 2.05) is 60.7 Å². The highest BCUT2D eigenvalue weighted by atomic mass is 35.5. The van der Waals surface area contributed by atoms with E-state index in [1.165, 1.54) is 11.1 Å². The maximum atomic E-state index is 7.23. The van der Waals surface area contributed by atoms with Gasteiger partial charge in [0.2, 0.25) is 0 Å². The molecule has 250 valence electrons. The fourth-order valence-electron chi connectivity index (χ4n) is 6.61. The predicted octanol–water partition coefficient (Wildman–Crippen LogP) is 14.9. The van der Waals surface area contributed by atoms with Gasteiger partial charge in [-0.05, 0) is 106 Å². The van der Waals surface area contributed by atoms with Crippen LogP contribution in [-0.4, -0.2) is 0 Å². The number of para-hydroxylation sites is 2. The van der Waals surface area contributed by atoms with Gasteiger partial charge in [-0.3, -0.25) is 0 Å². The van der Waals surface area contributed by atoms with Crippen molar-refractivity contribution in [2.24, 2.45) is 0 Å². The van der Waals surface area contributed by atoms with E-state index in [0.29, 0.717) is 10.0 Å². The molecule has 0 aliphatic heterocycles. The molecule has 0 atom stereocenters. The molecule has 0 fully saturated rings. The molecule has 0 amide bonds. The molecule has 0 aliphatic rings. The van der Waals surface area contributed by atoms with E-state index in [0.717, 1.165) is 56.4 Å². The molecule has 0 spiro atoms. The molecule has 0 saturated heterocycles. The van der Waals surface area contributed by atoms with Crippen LogP contribution in [0.3, 0.4) is 0 Å². The monoisotopic (exact) mass is 708 g/mol. The predicted molar refractivity (Wildman–Crippen MR) is 222 cm³/mol. The van der Waals surface area contributed by atoms with Crippen LogP contribution in [0.1, 0.15) is 0 Å². The zero-order chi connectivity index (χ0) is 35.3. The molecule has 0 saturated carbocycles. The summed E-state index contributed by atoms with van der Waals surface area (Å²) in [4.78, 5) is 4.38. The maximum absolute atomic E-state index is 7.23. The van der Waals surface area contributed by atoms with Gasteiger partial charge in [-0.15, -0.1) is 0 Å². The summed E-state index contributed by atoms with van der Waals surface area (Å²) in [7, 11) is 0. The Balaban J connectivity index is 1.15. The summed E-state index contributed by atoms with van der Waals surface area (Å²) in [6.45, 7) is 0. The van der Waals surface area contributed by atoms with Gasteiger partial charge in [-0.1, -0.05) is 157 Å². The number of hydrogen-bond donors (Lipinski definition) is 0. The van der Waals surface area contributed by atoms with Gasteiger partial charge in [-0.25, -0.2) is 0 Å². The van der Waals surface area contributed by atoms with Gasteiger partial charge in [0.15, 0.2) is 0 Å². The lowest BCUT2D eigenvalue weighted by Gasteiger charge is -2.27. The third kappa shape index (κ3) is 6.95. The minimum Gasteiger partial charge on any atom is -0.309 e. The lowest BCUT2D eigenvalue weighted by molar-refractivity contribution is 1.28. The van der Waals surface area contributed by atoms with Gasteiger partial charge in [0, 0.05) is 22.7 Å². The quantitative estimate of drug-likeness (QED) is 0.147. The van der Waals surface area contributed by atoms with Crippen LogP contribution in [0.25, 0.3) is 33.4 Å². The molecule has 2 nitrogen and oxygen atoms in total. The molecule has 0 bridgehead atoms. The lowest BCUT2D eigenvalue weighted by Crippen LogP contribution is -2.10. The summed E-state index contributed by atoms with van der Waals surface area (Å²) < 4.78 is 0. The molecule has 0 aromatic heterocycles. The number of nitrogens with zero attached hydrogens (tertiary/aromatic N) is 2. The highest BCUT2D eigenvalue weighted by molar-refractivity contribution is 6.34. The molecule has 0 aliphatic carbocycles. The van der Waals surface area contributed by atoms with Crippen LogP contribution in [-0.2, 0) is 0 Å². The fourth-order valence-corrected chi connectivity index (χ4v) is 7.14. The molecule has 0 unspecified atom stereocenters. The van der Waals surface area contributed by atoms with Crippen LogP contribution < -0.4 is 9.80 Å². The topological polar surface area (TPSA) is 6.48 Å². The Hall–Kier alpha value is -6.06. The Bertz CT molecular complexity index is 2280. The molecular weight excluding hydrogens is 675 g/mol. The second-order valence-corrected chi connectivity index (χ2v) is 13.3. The van der Waals surface area contributed by atoms with E-state index in [1.54, 1.807) is 0 Å². The van der Waals surface area contributed by atoms with Gasteiger partial charge in [0.05, 0.1) is 21.4 Å². The highest BCUT2D eigenvalue weighted by Crippen LogP contribution is 2.44. The number of benzene rings is 8. The minimum atomic E-state index is 0.632. The van der Waals surface area contributed by atoms with Crippen LogP contribution in [0.4, 0.5) is 34.1 Å². The molecule has 0 N–H and O–H groups in total. The van der Waals surface area contributed by atoms with Crippen molar-refractivity contribution in [2.45, 2.75) is 0 Å². The van der Waals surface area contributed by atoms with E-state index in [-0.39, 0.29) is 0 Å². The van der Waals surface area contributed by atoms with Crippen molar-refractivity contribution in [3.8, 4) is 33.4 Å². The first-order chi connectivity index (χ1) is 25.6. The van der Waals surface area contributed by atoms with Gasteiger partial charge in [0.1, 0.15) is 0 Å². The molecule has 0 heterocycles. The van der Waals surface area contributed by atoms with Crippen LogP contribution in [0.15, 0.2) is 206 Å². The summed E-state index contributed by atoms with van der Waals surface area (Å²) in [5.41, 5.74) is 12.5. The van der Waals surface area contributed by atoms with Crippen molar-refractivity contribution in [3.05, 3.63) is 216 Å². The zero-order valence-corrected chi connectivity index (χ0v) is 29.8. The Labute approximate surface area is 315 Å². The lowest BCUT2D eigenvalue weighted by atomic mass is 10.0. The minimum absolute atomic E-state index is 0.632. The summed E-state index contributed by atoms with van der Waals surface area (Å²) in [5, 5.41) is 1.27. The standard InChI is InChI=1S/C48H34Cl2N2/c49-45-33-39(25-31-47(45)51(41-17-9-3-10-18-41)42-19-11-4-12-20-42)40-26-32-48(46(50)34-40)52(43-27-21-37(22-28-43)35-13-5-1-6-14-35)44-29-23-38(24-30-44)36-15-7-2-8-16-36/h1-34H. The van der Waals surface area contributed by atoms with E-state index in [4.69, 9.17) is 23.2 Å². The second-order valence-electron chi connectivity index (χ2n) is 12.5. The van der Waals surface area contributed by atoms with Crippen LogP contribution in [0.5, 0.6) is 0 Å². The molecular formula is C48H34Cl2N2. The summed E-state index contributed by atoms with van der Waals surface area (Å²) in [6.07, 6.45) is 0. The number of rotatable bonds is 9.